The van der Waals surface area contributed by atoms with Gasteiger partial charge in [-0.3, -0.25) is 0 Å². The van der Waals surface area contributed by atoms with E-state index in [-0.39, 0.29) is 0 Å². The van der Waals surface area contributed by atoms with E-state index in [9.17, 15) is 30.7 Å². The van der Waals surface area contributed by atoms with E-state index >= 15 is 0 Å². The Morgan fingerprint density at radius 3 is 2.18 bits per heavy atom. The van der Waals surface area contributed by atoms with E-state index in [1.54, 1.807) is 42.1 Å². The largest absolute Gasteiger partial charge is 0.462 e. The maximum atomic E-state index is 13.3. The molecule has 0 aliphatic rings. The zero-order valence-electron chi connectivity index (χ0n) is 14.8. The first-order valence-corrected chi connectivity index (χ1v) is 9.09. The van der Waals surface area contributed by atoms with Gasteiger partial charge in [0.25, 0.3) is 0 Å². The van der Waals surface area contributed by atoms with E-state index in [2.05, 4.69) is 5.10 Å². The number of benzene rings is 2. The predicted octanol–water partition coefficient (Wildman–Crippen LogP) is 6.44. The van der Waals surface area contributed by atoms with Crippen LogP contribution >= 0.6 is 11.8 Å². The van der Waals surface area contributed by atoms with Crippen LogP contribution in [0.15, 0.2) is 46.4 Å². The number of halogens is 7. The van der Waals surface area contributed by atoms with Crippen molar-refractivity contribution in [2.75, 3.05) is 0 Å². The average Bonchev–Trinajstić information content (AvgIpc) is 2.62. The van der Waals surface area contributed by atoms with Gasteiger partial charge in [0.15, 0.2) is 0 Å². The first kappa shape index (κ1) is 22.3. The summed E-state index contributed by atoms with van der Waals surface area (Å²) in [4.78, 5) is 0.934. The quantitative estimate of drug-likeness (QED) is 0.181. The second kappa shape index (κ2) is 8.18. The van der Waals surface area contributed by atoms with Crippen LogP contribution in [0.4, 0.5) is 30.7 Å². The predicted molar refractivity (Wildman–Crippen MR) is 96.2 cm³/mol. The summed E-state index contributed by atoms with van der Waals surface area (Å²) < 4.78 is 88.7. The normalized spacial score (nSPS) is 14.6. The fourth-order valence-corrected chi connectivity index (χ4v) is 3.29. The van der Waals surface area contributed by atoms with Gasteiger partial charge in [-0.2, -0.15) is 35.8 Å². The summed E-state index contributed by atoms with van der Waals surface area (Å²) in [5.41, 5.74) is 0.930. The molecule has 0 spiro atoms. The van der Waals surface area contributed by atoms with Crippen molar-refractivity contribution in [3.63, 3.8) is 0 Å². The van der Waals surface area contributed by atoms with Crippen LogP contribution < -0.4 is 5.43 Å². The van der Waals surface area contributed by atoms with E-state index < -0.39 is 18.1 Å². The number of alkyl halides is 7. The number of rotatable bonds is 7. The molecule has 0 radical (unpaired) electrons. The Bertz CT molecular complexity index is 849. The second-order valence-electron chi connectivity index (χ2n) is 6.05. The number of hydrogen-bond donors (Lipinski definition) is 1. The number of fused-ring (bicyclic) bond motifs is 1. The van der Waals surface area contributed by atoms with Gasteiger partial charge in [-0.15, -0.1) is 11.8 Å². The lowest BCUT2D eigenvalue weighted by Crippen LogP contribution is -2.58. The van der Waals surface area contributed by atoms with Gasteiger partial charge in [0.1, 0.15) is 0 Å². The van der Waals surface area contributed by atoms with Crippen molar-refractivity contribution in [2.24, 2.45) is 5.10 Å². The molecule has 0 aromatic heterocycles. The first-order chi connectivity index (χ1) is 12.9. The van der Waals surface area contributed by atoms with E-state index in [1.807, 2.05) is 13.8 Å². The smallest absolute Gasteiger partial charge is 0.242 e. The van der Waals surface area contributed by atoms with Crippen LogP contribution in [0.3, 0.4) is 0 Å². The van der Waals surface area contributed by atoms with Crippen molar-refractivity contribution < 1.29 is 30.7 Å². The summed E-state index contributed by atoms with van der Waals surface area (Å²) in [6, 6.07) is 4.62. The molecule has 0 saturated carbocycles. The van der Waals surface area contributed by atoms with Crippen molar-refractivity contribution in [3.8, 4) is 0 Å². The minimum Gasteiger partial charge on any atom is -0.242 e. The summed E-state index contributed by atoms with van der Waals surface area (Å²) in [5.74, 6) is -6.27. The molecule has 2 nitrogen and oxygen atoms in total. The van der Waals surface area contributed by atoms with Crippen molar-refractivity contribution in [1.82, 2.24) is 5.43 Å². The van der Waals surface area contributed by atoms with Crippen molar-refractivity contribution in [2.45, 2.75) is 48.6 Å². The topological polar surface area (TPSA) is 24.4 Å². The number of hydrazone groups is 1. The Hall–Kier alpha value is -1.97. The molecule has 2 aromatic carbocycles. The zero-order valence-corrected chi connectivity index (χ0v) is 15.6. The fraction of sp³-hybridized carbons (Fsp3) is 0.389. The van der Waals surface area contributed by atoms with E-state index in [1.165, 1.54) is 6.07 Å². The van der Waals surface area contributed by atoms with Crippen molar-refractivity contribution in [1.29, 1.82) is 0 Å². The van der Waals surface area contributed by atoms with Crippen LogP contribution in [0, 0.1) is 0 Å². The van der Waals surface area contributed by atoms with Gasteiger partial charge in [0.2, 0.25) is 0 Å². The third-order valence-electron chi connectivity index (χ3n) is 3.98. The fourth-order valence-electron chi connectivity index (χ4n) is 2.24. The molecule has 0 aliphatic carbocycles. The lowest BCUT2D eigenvalue weighted by atomic mass is 10.1. The monoisotopic (exact) mass is 426 g/mol. The van der Waals surface area contributed by atoms with Crippen LogP contribution in [0.2, 0.25) is 0 Å². The molecular weight excluding hydrogens is 409 g/mol. The molecule has 154 valence electrons. The molecule has 0 bridgehead atoms. The van der Waals surface area contributed by atoms with Crippen molar-refractivity contribution >= 4 is 28.7 Å². The molecule has 1 N–H and O–H groups in total. The summed E-state index contributed by atoms with van der Waals surface area (Å²) in [7, 11) is 0. The molecule has 10 heteroatoms. The van der Waals surface area contributed by atoms with Gasteiger partial charge in [0.05, 0.1) is 6.21 Å². The van der Waals surface area contributed by atoms with Gasteiger partial charge >= 0.3 is 18.1 Å². The third kappa shape index (κ3) is 4.53. The highest BCUT2D eigenvalue weighted by atomic mass is 32.2. The van der Waals surface area contributed by atoms with Gasteiger partial charge < -0.3 is 0 Å². The van der Waals surface area contributed by atoms with Crippen LogP contribution in [-0.2, 0) is 0 Å². The van der Waals surface area contributed by atoms with Gasteiger partial charge in [0, 0.05) is 15.7 Å². The van der Waals surface area contributed by atoms with Crippen LogP contribution in [-0.4, -0.2) is 29.6 Å². The summed E-state index contributed by atoms with van der Waals surface area (Å²) in [6.45, 7) is 4.07. The number of nitrogens with one attached hydrogen (secondary N) is 1. The van der Waals surface area contributed by atoms with Crippen LogP contribution in [0.5, 0.6) is 0 Å². The number of nitrogens with zero attached hydrogens (tertiary/aromatic N) is 1. The van der Waals surface area contributed by atoms with Crippen LogP contribution in [0.25, 0.3) is 10.8 Å². The van der Waals surface area contributed by atoms with Crippen LogP contribution in [0.1, 0.15) is 25.8 Å². The molecule has 1 atom stereocenters. The van der Waals surface area contributed by atoms with E-state index in [0.29, 0.717) is 21.6 Å². The Labute approximate surface area is 161 Å². The molecule has 0 unspecified atom stereocenters. The highest BCUT2D eigenvalue weighted by Gasteiger charge is 2.73. The maximum absolute atomic E-state index is 13.3. The Morgan fingerprint density at radius 2 is 1.61 bits per heavy atom. The molecule has 0 aliphatic heterocycles. The molecule has 0 fully saturated rings. The lowest BCUT2D eigenvalue weighted by Gasteiger charge is -2.27. The molecule has 0 amide bonds. The summed E-state index contributed by atoms with van der Waals surface area (Å²) in [6.07, 6.45) is -4.70. The van der Waals surface area contributed by atoms with Gasteiger partial charge in [-0.25, -0.2) is 5.43 Å². The molecule has 2 aromatic rings. The maximum Gasteiger partial charge on any atom is 0.462 e. The molecule has 28 heavy (non-hydrogen) atoms. The Morgan fingerprint density at radius 1 is 1.00 bits per heavy atom. The summed E-state index contributed by atoms with van der Waals surface area (Å²) >= 11 is 1.61. The van der Waals surface area contributed by atoms with Crippen molar-refractivity contribution in [3.05, 3.63) is 42.0 Å². The third-order valence-corrected chi connectivity index (χ3v) is 5.33. The van der Waals surface area contributed by atoms with Gasteiger partial charge in [-0.1, -0.05) is 44.2 Å². The van der Waals surface area contributed by atoms with E-state index in [0.717, 1.165) is 22.9 Å². The standard InChI is InChI=1S/C18H17F7N2S/c1-3-11(2)28-15-9-8-12(13-6-4-5-7-14(13)15)10-26-27-18(24,25)16(19,20)17(21,22)23/h4-11,27H,3H2,1-2H3/b26-10+/t11-/m1/s1. The van der Waals surface area contributed by atoms with E-state index in [4.69, 9.17) is 0 Å². The minimum atomic E-state index is -6.42. The zero-order chi connectivity index (χ0) is 21.2. The second-order valence-corrected chi connectivity index (χ2v) is 7.53. The Kier molecular flexibility index (Phi) is 6.52. The molecular formula is C18H17F7N2S. The molecule has 0 heterocycles. The first-order valence-electron chi connectivity index (χ1n) is 8.21. The average molecular weight is 426 g/mol. The highest BCUT2D eigenvalue weighted by Crippen LogP contribution is 2.45. The van der Waals surface area contributed by atoms with Gasteiger partial charge in [-0.05, 0) is 23.3 Å². The Balaban J connectivity index is 2.31. The number of hydrogen-bond acceptors (Lipinski definition) is 3. The minimum absolute atomic E-state index is 0.294. The summed E-state index contributed by atoms with van der Waals surface area (Å²) in [5, 5.41) is 4.66. The lowest BCUT2D eigenvalue weighted by molar-refractivity contribution is -0.361. The highest BCUT2D eigenvalue weighted by molar-refractivity contribution is 8.00. The molecule has 2 rings (SSSR count). The SMILES string of the molecule is CC[C@@H](C)Sc1ccc(/C=N/NC(F)(F)C(F)(F)C(F)(F)F)c2ccccc12. The number of thioether (sulfide) groups is 1. The molecule has 0 saturated heterocycles.